The molecular formula is C22H27ClN2O4. The van der Waals surface area contributed by atoms with Crippen LogP contribution in [0.15, 0.2) is 42.5 Å². The minimum Gasteiger partial charge on any atom is -0.489 e. The van der Waals surface area contributed by atoms with E-state index in [1.54, 1.807) is 0 Å². The minimum atomic E-state index is 0. The predicted molar refractivity (Wildman–Crippen MR) is 114 cm³/mol. The Labute approximate surface area is 177 Å². The van der Waals surface area contributed by atoms with Gasteiger partial charge < -0.3 is 24.8 Å². The topological polar surface area (TPSA) is 68.8 Å². The zero-order valence-corrected chi connectivity index (χ0v) is 17.1. The van der Waals surface area contributed by atoms with Gasteiger partial charge >= 0.3 is 0 Å². The van der Waals surface area contributed by atoms with E-state index in [0.29, 0.717) is 24.7 Å². The van der Waals surface area contributed by atoms with Crippen LogP contribution in [0, 0.1) is 5.92 Å². The van der Waals surface area contributed by atoms with Gasteiger partial charge in [-0.15, -0.1) is 12.4 Å². The maximum Gasteiger partial charge on any atom is 0.231 e. The van der Waals surface area contributed by atoms with Gasteiger partial charge in [0, 0.05) is 18.2 Å². The number of nitrogens with one attached hydrogen (secondary N) is 2. The number of benzene rings is 2. The van der Waals surface area contributed by atoms with Crippen LogP contribution in [0.3, 0.4) is 0 Å². The fraction of sp³-hybridized carbons (Fsp3) is 0.409. The number of hydrogen-bond donors (Lipinski definition) is 2. The zero-order valence-electron chi connectivity index (χ0n) is 16.3. The smallest absolute Gasteiger partial charge is 0.231 e. The van der Waals surface area contributed by atoms with Gasteiger partial charge in [0.05, 0.1) is 0 Å². The number of halogens is 1. The van der Waals surface area contributed by atoms with Crippen LogP contribution in [0.25, 0.3) is 0 Å². The molecule has 0 aliphatic carbocycles. The highest BCUT2D eigenvalue weighted by atomic mass is 35.5. The monoisotopic (exact) mass is 418 g/mol. The van der Waals surface area contributed by atoms with Crippen molar-refractivity contribution in [2.75, 3.05) is 25.2 Å². The Balaban J connectivity index is 0.00000240. The third-order valence-electron chi connectivity index (χ3n) is 5.20. The van der Waals surface area contributed by atoms with Crippen molar-refractivity contribution < 1.29 is 19.0 Å². The van der Waals surface area contributed by atoms with Crippen LogP contribution in [0.4, 0.5) is 5.69 Å². The molecule has 2 aromatic rings. The Kier molecular flexibility index (Phi) is 7.61. The Morgan fingerprint density at radius 3 is 2.79 bits per heavy atom. The van der Waals surface area contributed by atoms with E-state index in [-0.39, 0.29) is 25.1 Å². The van der Waals surface area contributed by atoms with Crippen LogP contribution in [-0.2, 0) is 11.4 Å². The summed E-state index contributed by atoms with van der Waals surface area (Å²) in [4.78, 5) is 12.3. The number of fused-ring (bicyclic) bond motifs is 1. The largest absolute Gasteiger partial charge is 0.489 e. The molecule has 1 fully saturated rings. The Hall–Kier alpha value is -2.44. The summed E-state index contributed by atoms with van der Waals surface area (Å²) in [5.74, 6) is 2.90. The van der Waals surface area contributed by atoms with E-state index in [2.05, 4.69) is 10.6 Å². The number of carbonyl (C=O) groups is 1. The van der Waals surface area contributed by atoms with Gasteiger partial charge in [-0.05, 0) is 68.1 Å². The van der Waals surface area contributed by atoms with Crippen LogP contribution >= 0.6 is 12.4 Å². The summed E-state index contributed by atoms with van der Waals surface area (Å²) < 4.78 is 16.5. The molecule has 0 aromatic heterocycles. The maximum absolute atomic E-state index is 12.3. The second kappa shape index (κ2) is 10.4. The molecule has 2 N–H and O–H groups in total. The summed E-state index contributed by atoms with van der Waals surface area (Å²) in [6.45, 7) is 2.80. The van der Waals surface area contributed by atoms with Gasteiger partial charge in [0.25, 0.3) is 0 Å². The van der Waals surface area contributed by atoms with E-state index in [1.165, 1.54) is 12.8 Å². The molecule has 2 heterocycles. The molecule has 7 heteroatoms. The molecule has 4 rings (SSSR count). The SMILES string of the molecule is Cl.O=C(CCC1CCNCC1)Nc1cccc(COc2ccc3c(c2)OCO3)c1. The number of anilines is 1. The van der Waals surface area contributed by atoms with E-state index in [4.69, 9.17) is 14.2 Å². The number of hydrogen-bond acceptors (Lipinski definition) is 5. The predicted octanol–water partition coefficient (Wildman–Crippen LogP) is 4.13. The first kappa shape index (κ1) is 21.3. The highest BCUT2D eigenvalue weighted by Crippen LogP contribution is 2.35. The van der Waals surface area contributed by atoms with Gasteiger partial charge in [-0.3, -0.25) is 4.79 Å². The molecule has 0 atom stereocenters. The first-order valence-corrected chi connectivity index (χ1v) is 9.88. The number of piperidine rings is 1. The first-order valence-electron chi connectivity index (χ1n) is 9.88. The van der Waals surface area contributed by atoms with Crippen molar-refractivity contribution in [2.24, 2.45) is 5.92 Å². The van der Waals surface area contributed by atoms with Gasteiger partial charge in [-0.1, -0.05) is 12.1 Å². The van der Waals surface area contributed by atoms with E-state index in [9.17, 15) is 4.79 Å². The van der Waals surface area contributed by atoms with Gasteiger partial charge in [0.2, 0.25) is 12.7 Å². The van der Waals surface area contributed by atoms with Crippen molar-refractivity contribution in [3.8, 4) is 17.2 Å². The van der Waals surface area contributed by atoms with E-state index in [1.807, 2.05) is 42.5 Å². The molecule has 29 heavy (non-hydrogen) atoms. The van der Waals surface area contributed by atoms with Crippen LogP contribution in [0.1, 0.15) is 31.2 Å². The molecule has 2 aliphatic rings. The van der Waals surface area contributed by atoms with Crippen LogP contribution < -0.4 is 24.8 Å². The molecule has 0 spiro atoms. The second-order valence-corrected chi connectivity index (χ2v) is 7.28. The fourth-order valence-electron chi connectivity index (χ4n) is 3.60. The lowest BCUT2D eigenvalue weighted by Gasteiger charge is -2.22. The van der Waals surface area contributed by atoms with Crippen LogP contribution in [-0.4, -0.2) is 25.8 Å². The molecule has 2 aliphatic heterocycles. The summed E-state index contributed by atoms with van der Waals surface area (Å²) in [6.07, 6.45) is 3.86. The third-order valence-corrected chi connectivity index (χ3v) is 5.20. The average molecular weight is 419 g/mol. The molecule has 1 amide bonds. The number of amides is 1. The van der Waals surface area contributed by atoms with Gasteiger partial charge in [0.15, 0.2) is 11.5 Å². The Morgan fingerprint density at radius 1 is 1.10 bits per heavy atom. The molecule has 0 saturated carbocycles. The lowest BCUT2D eigenvalue weighted by Crippen LogP contribution is -2.28. The van der Waals surface area contributed by atoms with Crippen molar-refractivity contribution in [1.82, 2.24) is 5.32 Å². The second-order valence-electron chi connectivity index (χ2n) is 7.28. The summed E-state index contributed by atoms with van der Waals surface area (Å²) in [7, 11) is 0. The zero-order chi connectivity index (χ0) is 19.2. The summed E-state index contributed by atoms with van der Waals surface area (Å²) in [5, 5.41) is 6.37. The molecular weight excluding hydrogens is 392 g/mol. The molecule has 2 aromatic carbocycles. The van der Waals surface area contributed by atoms with E-state index < -0.39 is 0 Å². The van der Waals surface area contributed by atoms with Crippen LogP contribution in [0.5, 0.6) is 17.2 Å². The summed E-state index contributed by atoms with van der Waals surface area (Å²) >= 11 is 0. The van der Waals surface area contributed by atoms with Gasteiger partial charge in [-0.25, -0.2) is 0 Å². The van der Waals surface area contributed by atoms with Crippen molar-refractivity contribution >= 4 is 24.0 Å². The van der Waals surface area contributed by atoms with Gasteiger partial charge in [0.1, 0.15) is 12.4 Å². The van der Waals surface area contributed by atoms with Crippen LogP contribution in [0.2, 0.25) is 0 Å². The van der Waals surface area contributed by atoms with Crippen molar-refractivity contribution in [3.05, 3.63) is 48.0 Å². The van der Waals surface area contributed by atoms with E-state index >= 15 is 0 Å². The Morgan fingerprint density at radius 2 is 1.93 bits per heavy atom. The highest BCUT2D eigenvalue weighted by Gasteiger charge is 2.15. The summed E-state index contributed by atoms with van der Waals surface area (Å²) in [5.41, 5.74) is 1.80. The normalized spacial score (nSPS) is 15.4. The highest BCUT2D eigenvalue weighted by molar-refractivity contribution is 5.90. The van der Waals surface area contributed by atoms with E-state index in [0.717, 1.165) is 42.3 Å². The number of rotatable bonds is 7. The standard InChI is InChI=1S/C22H26N2O4.ClH/c25-22(7-4-16-8-10-23-11-9-16)24-18-3-1-2-17(12-18)14-26-19-5-6-20-21(13-19)28-15-27-20;/h1-3,5-6,12-13,16,23H,4,7-11,14-15H2,(H,24,25);1H. The maximum atomic E-state index is 12.3. The lowest BCUT2D eigenvalue weighted by atomic mass is 9.93. The average Bonchev–Trinajstić information content (AvgIpc) is 3.20. The summed E-state index contributed by atoms with van der Waals surface area (Å²) in [6, 6.07) is 13.3. The lowest BCUT2D eigenvalue weighted by molar-refractivity contribution is -0.116. The van der Waals surface area contributed by atoms with Gasteiger partial charge in [-0.2, -0.15) is 0 Å². The fourth-order valence-corrected chi connectivity index (χ4v) is 3.60. The van der Waals surface area contributed by atoms with Crippen molar-refractivity contribution in [1.29, 1.82) is 0 Å². The molecule has 0 unspecified atom stereocenters. The molecule has 0 radical (unpaired) electrons. The molecule has 6 nitrogen and oxygen atoms in total. The van der Waals surface area contributed by atoms with Crippen molar-refractivity contribution in [2.45, 2.75) is 32.3 Å². The Bertz CT molecular complexity index is 824. The molecule has 0 bridgehead atoms. The quantitative estimate of drug-likeness (QED) is 0.707. The number of carbonyl (C=O) groups excluding carboxylic acids is 1. The molecule has 1 saturated heterocycles. The first-order chi connectivity index (χ1) is 13.8. The molecule has 156 valence electrons. The number of ether oxygens (including phenoxy) is 3. The minimum absolute atomic E-state index is 0. The third kappa shape index (κ3) is 6.02. The van der Waals surface area contributed by atoms with Crippen molar-refractivity contribution in [3.63, 3.8) is 0 Å².